The van der Waals surface area contributed by atoms with Crippen molar-refractivity contribution in [3.05, 3.63) is 22.4 Å². The monoisotopic (exact) mass is 394 g/mol. The second-order valence-corrected chi connectivity index (χ2v) is 7.09. The Bertz CT molecular complexity index is 480. The van der Waals surface area contributed by atoms with Crippen molar-refractivity contribution >= 4 is 42.1 Å². The zero-order valence-corrected chi connectivity index (χ0v) is 16.6. The van der Waals surface area contributed by atoms with Gasteiger partial charge < -0.3 is 10.2 Å². The van der Waals surface area contributed by atoms with Gasteiger partial charge in [-0.25, -0.2) is 0 Å². The molecule has 1 aromatic heterocycles. The maximum absolute atomic E-state index is 12.5. The Hall–Kier alpha value is -0.370. The average Bonchev–Trinajstić information content (AvgIpc) is 3.03. The van der Waals surface area contributed by atoms with Gasteiger partial charge in [-0.15, -0.1) is 24.8 Å². The molecule has 24 heavy (non-hydrogen) atoms. The van der Waals surface area contributed by atoms with E-state index in [4.69, 9.17) is 0 Å². The highest BCUT2D eigenvalue weighted by atomic mass is 35.5. The van der Waals surface area contributed by atoms with Crippen molar-refractivity contribution in [3.8, 4) is 0 Å². The van der Waals surface area contributed by atoms with Crippen LogP contribution in [0.5, 0.6) is 0 Å². The van der Waals surface area contributed by atoms with E-state index in [1.165, 1.54) is 5.56 Å². The van der Waals surface area contributed by atoms with E-state index in [9.17, 15) is 4.79 Å². The van der Waals surface area contributed by atoms with E-state index in [0.29, 0.717) is 18.5 Å². The Morgan fingerprint density at radius 1 is 1.25 bits per heavy atom. The zero-order valence-electron chi connectivity index (χ0n) is 14.1. The van der Waals surface area contributed by atoms with Gasteiger partial charge in [-0.2, -0.15) is 11.3 Å². The number of nitrogens with one attached hydrogen (secondary N) is 1. The molecule has 1 amide bonds. The first-order chi connectivity index (χ1) is 10.7. The fourth-order valence-electron chi connectivity index (χ4n) is 3.19. The van der Waals surface area contributed by atoms with Gasteiger partial charge in [0.2, 0.25) is 5.91 Å². The maximum atomic E-state index is 12.5. The smallest absolute Gasteiger partial charge is 0.236 e. The predicted molar refractivity (Wildman–Crippen MR) is 105 cm³/mol. The molecule has 3 rings (SSSR count). The molecule has 5 nitrogen and oxygen atoms in total. The SMILES string of the molecule is C[C@@H]1CNCCN1CC(=O)N1CCN(Cc2ccsc2)CC1.Cl.Cl. The van der Waals surface area contributed by atoms with Gasteiger partial charge in [0.05, 0.1) is 6.54 Å². The van der Waals surface area contributed by atoms with Crippen molar-refractivity contribution in [2.75, 3.05) is 52.4 Å². The summed E-state index contributed by atoms with van der Waals surface area (Å²) in [6, 6.07) is 2.64. The lowest BCUT2D eigenvalue weighted by atomic mass is 10.2. The minimum atomic E-state index is 0. The maximum Gasteiger partial charge on any atom is 0.236 e. The first-order valence-electron chi connectivity index (χ1n) is 8.18. The standard InChI is InChI=1S/C16H26N4OS.2ClH/c1-14-10-17-3-4-20(14)12-16(21)19-7-5-18(6-8-19)11-15-2-9-22-13-15;;/h2,9,13-14,17H,3-8,10-12H2,1H3;2*1H/t14-;;/m1../s1. The van der Waals surface area contributed by atoms with E-state index in [-0.39, 0.29) is 24.8 Å². The zero-order chi connectivity index (χ0) is 15.4. The molecule has 1 aromatic rings. The van der Waals surface area contributed by atoms with Crippen LogP contribution in [0.25, 0.3) is 0 Å². The molecule has 2 aliphatic rings. The third kappa shape index (κ3) is 5.86. The van der Waals surface area contributed by atoms with Gasteiger partial charge in [0, 0.05) is 58.4 Å². The number of carbonyl (C=O) groups is 1. The molecule has 2 aliphatic heterocycles. The molecule has 0 aromatic carbocycles. The number of halogens is 2. The van der Waals surface area contributed by atoms with E-state index in [2.05, 4.69) is 38.9 Å². The number of hydrogen-bond acceptors (Lipinski definition) is 5. The van der Waals surface area contributed by atoms with Crippen LogP contribution in [0.1, 0.15) is 12.5 Å². The number of carbonyl (C=O) groups excluding carboxylic acids is 1. The van der Waals surface area contributed by atoms with E-state index < -0.39 is 0 Å². The Balaban J connectivity index is 0.00000144. The normalized spacial score (nSPS) is 22.5. The summed E-state index contributed by atoms with van der Waals surface area (Å²) in [4.78, 5) is 19.3. The fraction of sp³-hybridized carbons (Fsp3) is 0.688. The van der Waals surface area contributed by atoms with Crippen LogP contribution in [0.3, 0.4) is 0 Å². The quantitative estimate of drug-likeness (QED) is 0.840. The van der Waals surface area contributed by atoms with Gasteiger partial charge in [-0.05, 0) is 29.3 Å². The molecule has 2 fully saturated rings. The Morgan fingerprint density at radius 3 is 2.62 bits per heavy atom. The molecule has 0 bridgehead atoms. The van der Waals surface area contributed by atoms with Crippen LogP contribution in [0.4, 0.5) is 0 Å². The summed E-state index contributed by atoms with van der Waals surface area (Å²) in [5.41, 5.74) is 1.39. The van der Waals surface area contributed by atoms with Gasteiger partial charge >= 0.3 is 0 Å². The van der Waals surface area contributed by atoms with Crippen molar-refractivity contribution in [2.24, 2.45) is 0 Å². The van der Waals surface area contributed by atoms with Gasteiger partial charge in [0.15, 0.2) is 0 Å². The number of thiophene rings is 1. The summed E-state index contributed by atoms with van der Waals surface area (Å²) in [6.45, 7) is 10.4. The van der Waals surface area contributed by atoms with Crippen molar-refractivity contribution in [2.45, 2.75) is 19.5 Å². The minimum absolute atomic E-state index is 0. The lowest BCUT2D eigenvalue weighted by Gasteiger charge is -2.38. The largest absolute Gasteiger partial charge is 0.339 e. The van der Waals surface area contributed by atoms with E-state index in [1.807, 2.05) is 4.90 Å². The third-order valence-electron chi connectivity index (χ3n) is 4.69. The lowest BCUT2D eigenvalue weighted by molar-refractivity contribution is -0.135. The number of hydrogen-bond donors (Lipinski definition) is 1. The second-order valence-electron chi connectivity index (χ2n) is 6.31. The first-order valence-corrected chi connectivity index (χ1v) is 9.12. The first kappa shape index (κ1) is 21.7. The highest BCUT2D eigenvalue weighted by molar-refractivity contribution is 7.07. The summed E-state index contributed by atoms with van der Waals surface area (Å²) in [5, 5.41) is 7.71. The Labute approximate surface area is 161 Å². The van der Waals surface area contributed by atoms with Crippen LogP contribution >= 0.6 is 36.2 Å². The van der Waals surface area contributed by atoms with E-state index in [0.717, 1.165) is 52.4 Å². The van der Waals surface area contributed by atoms with Crippen molar-refractivity contribution in [1.82, 2.24) is 20.0 Å². The van der Waals surface area contributed by atoms with Crippen LogP contribution < -0.4 is 5.32 Å². The molecule has 2 saturated heterocycles. The number of rotatable bonds is 4. The molecule has 0 radical (unpaired) electrons. The van der Waals surface area contributed by atoms with Crippen LogP contribution in [0, 0.1) is 0 Å². The average molecular weight is 395 g/mol. The van der Waals surface area contributed by atoms with Crippen molar-refractivity contribution < 1.29 is 4.79 Å². The minimum Gasteiger partial charge on any atom is -0.339 e. The summed E-state index contributed by atoms with van der Waals surface area (Å²) in [7, 11) is 0. The topological polar surface area (TPSA) is 38.8 Å². The molecule has 0 aliphatic carbocycles. The van der Waals surface area contributed by atoms with Crippen LogP contribution in [-0.4, -0.2) is 79.0 Å². The van der Waals surface area contributed by atoms with Crippen molar-refractivity contribution in [1.29, 1.82) is 0 Å². The summed E-state index contributed by atoms with van der Waals surface area (Å²) in [5.74, 6) is 0.295. The van der Waals surface area contributed by atoms with Crippen LogP contribution in [0.2, 0.25) is 0 Å². The molecule has 0 unspecified atom stereocenters. The number of amides is 1. The lowest BCUT2D eigenvalue weighted by Crippen LogP contribution is -2.55. The van der Waals surface area contributed by atoms with Crippen LogP contribution in [-0.2, 0) is 11.3 Å². The van der Waals surface area contributed by atoms with Gasteiger partial charge in [-0.1, -0.05) is 0 Å². The summed E-state index contributed by atoms with van der Waals surface area (Å²) >= 11 is 1.75. The molecule has 1 N–H and O–H groups in total. The van der Waals surface area contributed by atoms with Crippen molar-refractivity contribution in [3.63, 3.8) is 0 Å². The van der Waals surface area contributed by atoms with E-state index >= 15 is 0 Å². The Morgan fingerprint density at radius 2 is 2.00 bits per heavy atom. The van der Waals surface area contributed by atoms with Gasteiger partial charge in [-0.3, -0.25) is 14.6 Å². The molecule has 138 valence electrons. The molecule has 0 spiro atoms. The molecule has 0 saturated carbocycles. The summed E-state index contributed by atoms with van der Waals surface area (Å²) in [6.07, 6.45) is 0. The van der Waals surface area contributed by atoms with E-state index in [1.54, 1.807) is 11.3 Å². The molecular weight excluding hydrogens is 367 g/mol. The summed E-state index contributed by atoms with van der Waals surface area (Å²) < 4.78 is 0. The Kier molecular flexibility index (Phi) is 9.56. The van der Waals surface area contributed by atoms with Crippen LogP contribution in [0.15, 0.2) is 16.8 Å². The molecule has 3 heterocycles. The number of nitrogens with zero attached hydrogens (tertiary/aromatic N) is 3. The third-order valence-corrected chi connectivity index (χ3v) is 5.42. The molecule has 1 atom stereocenters. The second kappa shape index (κ2) is 10.6. The fourth-order valence-corrected chi connectivity index (χ4v) is 3.85. The van der Waals surface area contributed by atoms with Gasteiger partial charge in [0.1, 0.15) is 0 Å². The molecular formula is C16H28Cl2N4OS. The van der Waals surface area contributed by atoms with Gasteiger partial charge in [0.25, 0.3) is 0 Å². The number of piperazine rings is 2. The highest BCUT2D eigenvalue weighted by Gasteiger charge is 2.25. The molecule has 8 heteroatoms. The predicted octanol–water partition coefficient (Wildman–Crippen LogP) is 1.53. The highest BCUT2D eigenvalue weighted by Crippen LogP contribution is 2.12.